The second kappa shape index (κ2) is 9.19. The number of H-pyrrole nitrogens is 1. The van der Waals surface area contributed by atoms with E-state index in [0.29, 0.717) is 25.5 Å². The molecule has 0 fully saturated rings. The van der Waals surface area contributed by atoms with Gasteiger partial charge in [-0.15, -0.1) is 0 Å². The molecule has 27 heavy (non-hydrogen) atoms. The van der Waals surface area contributed by atoms with Crippen LogP contribution in [0.25, 0.3) is 10.9 Å². The summed E-state index contributed by atoms with van der Waals surface area (Å²) in [6.07, 6.45) is 0.200. The molecule has 2 aromatic rings. The van der Waals surface area contributed by atoms with Crippen molar-refractivity contribution >= 4 is 32.5 Å². The normalized spacial score (nSPS) is 12.5. The summed E-state index contributed by atoms with van der Waals surface area (Å²) in [4.78, 5) is 15.4. The third-order valence-electron chi connectivity index (χ3n) is 4.02. The van der Waals surface area contributed by atoms with E-state index < -0.39 is 15.7 Å². The van der Waals surface area contributed by atoms with Gasteiger partial charge in [0, 0.05) is 19.0 Å². The van der Waals surface area contributed by atoms with Crippen LogP contribution in [-0.4, -0.2) is 38.8 Å². The van der Waals surface area contributed by atoms with Crippen LogP contribution < -0.4 is 0 Å². The number of rotatable bonds is 10. The van der Waals surface area contributed by atoms with Crippen LogP contribution in [0.15, 0.2) is 24.3 Å². The monoisotopic (exact) mass is 411 g/mol. The van der Waals surface area contributed by atoms with Gasteiger partial charge in [-0.2, -0.15) is 0 Å². The predicted octanol–water partition coefficient (Wildman–Crippen LogP) is 5.43. The molecule has 8 heteroatoms. The summed E-state index contributed by atoms with van der Waals surface area (Å²) in [5, 5.41) is 0.865. The Labute approximate surface area is 162 Å². The number of carbonyl (C=O) groups excluding carboxylic acids is 1. The Kier molecular flexibility index (Phi) is 7.45. The zero-order chi connectivity index (χ0) is 20.1. The molecule has 0 unspecified atom stereocenters. The molecule has 0 aliphatic carbocycles. The molecule has 2 rings (SSSR count). The van der Waals surface area contributed by atoms with Gasteiger partial charge in [-0.3, -0.25) is 4.57 Å². The Balaban J connectivity index is 2.12. The molecule has 0 bridgehead atoms. The highest BCUT2D eigenvalue weighted by Crippen LogP contribution is 2.51. The second-order valence-corrected chi connectivity index (χ2v) is 15.3. The number of ether oxygens (including phenoxy) is 1. The summed E-state index contributed by atoms with van der Waals surface area (Å²) in [7, 11) is -4.40. The topological polar surface area (TPSA) is 77.6 Å². The summed E-state index contributed by atoms with van der Waals surface area (Å²) in [5.74, 6) is -0.347. The van der Waals surface area contributed by atoms with Crippen LogP contribution in [0.1, 0.15) is 29.9 Å². The van der Waals surface area contributed by atoms with Crippen LogP contribution >= 0.6 is 7.60 Å². The van der Waals surface area contributed by atoms with E-state index in [0.717, 1.165) is 22.5 Å². The molecule has 0 spiro atoms. The highest BCUT2D eigenvalue weighted by atomic mass is 31.2. The molecular formula is C19H30NO5PSi. The Bertz CT molecular complexity index is 817. The van der Waals surface area contributed by atoms with E-state index in [2.05, 4.69) is 24.6 Å². The number of esters is 1. The number of carbonyl (C=O) groups is 1. The van der Waals surface area contributed by atoms with Crippen LogP contribution in [0, 0.1) is 0 Å². The quantitative estimate of drug-likeness (QED) is 0.320. The molecule has 1 aromatic heterocycles. The molecule has 0 atom stereocenters. The first-order valence-electron chi connectivity index (χ1n) is 9.32. The van der Waals surface area contributed by atoms with Crippen molar-refractivity contribution in [3.05, 3.63) is 35.5 Å². The molecule has 1 N–H and O–H groups in total. The van der Waals surface area contributed by atoms with E-state index in [-0.39, 0.29) is 12.1 Å². The minimum absolute atomic E-state index is 0.200. The molecule has 0 aliphatic heterocycles. The first kappa shape index (κ1) is 21.9. The summed E-state index contributed by atoms with van der Waals surface area (Å²) in [5.41, 5.74) is 2.10. The Hall–Kier alpha value is -1.40. The molecular weight excluding hydrogens is 381 g/mol. The minimum atomic E-state index is -3.16. The standard InChI is InChI=1S/C19H30NO5PSi/c1-6-24-26(22,25-7-2)14-15-8-9-17-16(12-15)13-18(20-17)19(21)23-10-11-27(3,4)5/h8-9,12-13,20H,6-7,10-11,14H2,1-5H3. The number of nitrogens with one attached hydrogen (secondary N) is 1. The van der Waals surface area contributed by atoms with Gasteiger partial charge in [-0.1, -0.05) is 25.7 Å². The van der Waals surface area contributed by atoms with Crippen molar-refractivity contribution in [1.29, 1.82) is 0 Å². The average Bonchev–Trinajstić information content (AvgIpc) is 2.97. The number of hydrogen-bond acceptors (Lipinski definition) is 5. The lowest BCUT2D eigenvalue weighted by Crippen LogP contribution is -2.22. The lowest BCUT2D eigenvalue weighted by Gasteiger charge is -2.16. The molecule has 1 aromatic carbocycles. The van der Waals surface area contributed by atoms with Crippen LogP contribution in [0.5, 0.6) is 0 Å². The van der Waals surface area contributed by atoms with Crippen molar-refractivity contribution in [2.24, 2.45) is 0 Å². The van der Waals surface area contributed by atoms with E-state index in [9.17, 15) is 9.36 Å². The molecule has 0 aliphatic rings. The fraction of sp³-hybridized carbons (Fsp3) is 0.526. The zero-order valence-electron chi connectivity index (χ0n) is 16.8. The van der Waals surface area contributed by atoms with Gasteiger partial charge >= 0.3 is 13.6 Å². The maximum atomic E-state index is 12.7. The summed E-state index contributed by atoms with van der Waals surface area (Å²) in [6.45, 7) is 11.4. The van der Waals surface area contributed by atoms with E-state index in [1.54, 1.807) is 19.9 Å². The van der Waals surface area contributed by atoms with Crippen molar-refractivity contribution in [2.45, 2.75) is 45.7 Å². The van der Waals surface area contributed by atoms with Gasteiger partial charge in [-0.25, -0.2) is 4.79 Å². The van der Waals surface area contributed by atoms with Gasteiger partial charge in [0.25, 0.3) is 0 Å². The van der Waals surface area contributed by atoms with Gasteiger partial charge in [0.15, 0.2) is 0 Å². The summed E-state index contributed by atoms with van der Waals surface area (Å²) < 4.78 is 28.8. The lowest BCUT2D eigenvalue weighted by molar-refractivity contribution is 0.0519. The van der Waals surface area contributed by atoms with E-state index in [1.807, 2.05) is 18.2 Å². The largest absolute Gasteiger partial charge is 0.461 e. The van der Waals surface area contributed by atoms with Crippen molar-refractivity contribution in [3.8, 4) is 0 Å². The highest BCUT2D eigenvalue weighted by Gasteiger charge is 2.24. The minimum Gasteiger partial charge on any atom is -0.461 e. The third kappa shape index (κ3) is 6.61. The van der Waals surface area contributed by atoms with Gasteiger partial charge < -0.3 is 18.8 Å². The van der Waals surface area contributed by atoms with Crippen LogP contribution in [0.4, 0.5) is 0 Å². The van der Waals surface area contributed by atoms with Crippen LogP contribution in [-0.2, 0) is 24.5 Å². The van der Waals surface area contributed by atoms with Crippen molar-refractivity contribution in [2.75, 3.05) is 19.8 Å². The number of hydrogen-bond donors (Lipinski definition) is 1. The SMILES string of the molecule is CCOP(=O)(Cc1ccc2[nH]c(C(=O)OCC[Si](C)(C)C)cc2c1)OCC. The van der Waals surface area contributed by atoms with Crippen molar-refractivity contribution < 1.29 is 23.1 Å². The second-order valence-electron chi connectivity index (χ2n) is 7.66. The molecule has 6 nitrogen and oxygen atoms in total. The smallest absolute Gasteiger partial charge is 0.354 e. The number of aromatic nitrogens is 1. The molecule has 150 valence electrons. The number of fused-ring (bicyclic) bond motifs is 1. The maximum absolute atomic E-state index is 12.7. The Morgan fingerprint density at radius 1 is 1.11 bits per heavy atom. The molecule has 0 radical (unpaired) electrons. The zero-order valence-corrected chi connectivity index (χ0v) is 18.7. The Morgan fingerprint density at radius 2 is 1.78 bits per heavy atom. The lowest BCUT2D eigenvalue weighted by atomic mass is 10.2. The number of benzene rings is 1. The van der Waals surface area contributed by atoms with Crippen LogP contribution in [0.3, 0.4) is 0 Å². The summed E-state index contributed by atoms with van der Waals surface area (Å²) >= 11 is 0. The van der Waals surface area contributed by atoms with Crippen molar-refractivity contribution in [1.82, 2.24) is 4.98 Å². The fourth-order valence-electron chi connectivity index (χ4n) is 2.66. The van der Waals surface area contributed by atoms with Crippen molar-refractivity contribution in [3.63, 3.8) is 0 Å². The highest BCUT2D eigenvalue weighted by molar-refractivity contribution is 7.53. The molecule has 0 amide bonds. The molecule has 1 heterocycles. The Morgan fingerprint density at radius 3 is 2.37 bits per heavy atom. The van der Waals surface area contributed by atoms with Gasteiger partial charge in [-0.05, 0) is 43.7 Å². The average molecular weight is 412 g/mol. The maximum Gasteiger partial charge on any atom is 0.354 e. The third-order valence-corrected chi connectivity index (χ3v) is 7.78. The molecule has 0 saturated carbocycles. The fourth-order valence-corrected chi connectivity index (χ4v) is 5.07. The van der Waals surface area contributed by atoms with Crippen LogP contribution in [0.2, 0.25) is 25.7 Å². The molecule has 0 saturated heterocycles. The summed E-state index contributed by atoms with van der Waals surface area (Å²) in [6, 6.07) is 8.33. The van der Waals surface area contributed by atoms with E-state index >= 15 is 0 Å². The van der Waals surface area contributed by atoms with Gasteiger partial charge in [0.05, 0.1) is 26.0 Å². The first-order valence-corrected chi connectivity index (χ1v) is 14.8. The van der Waals surface area contributed by atoms with E-state index in [1.165, 1.54) is 0 Å². The number of aromatic amines is 1. The first-order chi connectivity index (χ1) is 12.7. The van der Waals surface area contributed by atoms with Gasteiger partial charge in [0.1, 0.15) is 5.69 Å². The van der Waals surface area contributed by atoms with E-state index in [4.69, 9.17) is 13.8 Å². The predicted molar refractivity (Wildman–Crippen MR) is 111 cm³/mol. The van der Waals surface area contributed by atoms with Gasteiger partial charge in [0.2, 0.25) is 0 Å².